The van der Waals surface area contributed by atoms with Gasteiger partial charge in [-0.1, -0.05) is 27.7 Å². The second-order valence-electron chi connectivity index (χ2n) is 6.61. The summed E-state index contributed by atoms with van der Waals surface area (Å²) in [6.45, 7) is 9.92. The molecule has 1 aliphatic heterocycles. The molecule has 1 fully saturated rings. The molecule has 2 amide bonds. The SMILES string of the molecule is CC1C(=O)NC(C(C)(C)C)C(=O)N1CCC(C)S(C)=O. The van der Waals surface area contributed by atoms with Gasteiger partial charge in [0.15, 0.2) is 0 Å². The Balaban J connectivity index is 2.83. The predicted molar refractivity (Wildman–Crippen MR) is 80.7 cm³/mol. The Morgan fingerprint density at radius 2 is 1.90 bits per heavy atom. The van der Waals surface area contributed by atoms with E-state index in [1.165, 1.54) is 0 Å². The molecule has 0 saturated carbocycles. The second kappa shape index (κ2) is 6.24. The Morgan fingerprint density at radius 3 is 2.35 bits per heavy atom. The van der Waals surface area contributed by atoms with Crippen LogP contribution < -0.4 is 5.32 Å². The van der Waals surface area contributed by atoms with Gasteiger partial charge in [-0.25, -0.2) is 0 Å². The van der Waals surface area contributed by atoms with E-state index in [4.69, 9.17) is 0 Å². The number of nitrogens with one attached hydrogen (secondary N) is 1. The molecule has 4 atom stereocenters. The van der Waals surface area contributed by atoms with Gasteiger partial charge in [0.25, 0.3) is 0 Å². The van der Waals surface area contributed by atoms with Crippen LogP contribution in [0.4, 0.5) is 0 Å². The molecule has 0 aromatic heterocycles. The summed E-state index contributed by atoms with van der Waals surface area (Å²) in [5.41, 5.74) is -0.315. The molecule has 0 aromatic rings. The molecule has 1 N–H and O–H groups in total. The molecule has 0 radical (unpaired) electrons. The summed E-state index contributed by atoms with van der Waals surface area (Å²) < 4.78 is 11.4. The fourth-order valence-corrected chi connectivity index (χ4v) is 2.64. The lowest BCUT2D eigenvalue weighted by molar-refractivity contribution is -0.151. The zero-order valence-electron chi connectivity index (χ0n) is 13.2. The number of hydrogen-bond acceptors (Lipinski definition) is 3. The summed E-state index contributed by atoms with van der Waals surface area (Å²) in [6, 6.07) is -0.952. The van der Waals surface area contributed by atoms with Crippen LogP contribution in [0.2, 0.25) is 0 Å². The Bertz CT molecular complexity index is 417. The Kier molecular flexibility index (Phi) is 5.35. The van der Waals surface area contributed by atoms with Gasteiger partial charge in [0.05, 0.1) is 0 Å². The van der Waals surface area contributed by atoms with Crippen molar-refractivity contribution in [2.75, 3.05) is 12.8 Å². The standard InChI is InChI=1S/C14H26N2O3S/c1-9(20(6)19)7-8-16-10(2)12(17)15-11(13(16)18)14(3,4)5/h9-11H,7-8H2,1-6H3,(H,15,17). The molecule has 4 unspecified atom stereocenters. The van der Waals surface area contributed by atoms with Crippen molar-refractivity contribution in [3.05, 3.63) is 0 Å². The first kappa shape index (κ1) is 17.1. The van der Waals surface area contributed by atoms with Crippen molar-refractivity contribution >= 4 is 22.6 Å². The first-order valence-corrected chi connectivity index (χ1v) is 8.61. The molecule has 5 nitrogen and oxygen atoms in total. The monoisotopic (exact) mass is 302 g/mol. The molecule has 0 aliphatic carbocycles. The van der Waals surface area contributed by atoms with Crippen molar-refractivity contribution in [1.82, 2.24) is 10.2 Å². The summed E-state index contributed by atoms with van der Waals surface area (Å²) in [6.07, 6.45) is 2.31. The molecule has 1 heterocycles. The topological polar surface area (TPSA) is 66.5 Å². The number of hydrogen-bond donors (Lipinski definition) is 1. The number of amides is 2. The Hall–Kier alpha value is -0.910. The van der Waals surface area contributed by atoms with Crippen LogP contribution in [0.5, 0.6) is 0 Å². The zero-order chi connectivity index (χ0) is 15.7. The van der Waals surface area contributed by atoms with E-state index in [9.17, 15) is 13.8 Å². The molecule has 20 heavy (non-hydrogen) atoms. The van der Waals surface area contributed by atoms with Crippen LogP contribution in [0.3, 0.4) is 0 Å². The highest BCUT2D eigenvalue weighted by Gasteiger charge is 2.43. The molecule has 0 aromatic carbocycles. The predicted octanol–water partition coefficient (Wildman–Crippen LogP) is 0.905. The van der Waals surface area contributed by atoms with Gasteiger partial charge < -0.3 is 10.2 Å². The van der Waals surface area contributed by atoms with E-state index in [-0.39, 0.29) is 22.5 Å². The molecule has 0 spiro atoms. The van der Waals surface area contributed by atoms with Crippen LogP contribution in [0.1, 0.15) is 41.0 Å². The zero-order valence-corrected chi connectivity index (χ0v) is 14.0. The summed E-state index contributed by atoms with van der Waals surface area (Å²) in [5.74, 6) is -0.159. The smallest absolute Gasteiger partial charge is 0.246 e. The van der Waals surface area contributed by atoms with Gasteiger partial charge in [0.1, 0.15) is 12.1 Å². The van der Waals surface area contributed by atoms with Gasteiger partial charge in [-0.2, -0.15) is 0 Å². The molecule has 1 saturated heterocycles. The Morgan fingerprint density at radius 1 is 1.35 bits per heavy atom. The van der Waals surface area contributed by atoms with Crippen LogP contribution in [-0.4, -0.2) is 51.1 Å². The summed E-state index contributed by atoms with van der Waals surface area (Å²) >= 11 is 0. The van der Waals surface area contributed by atoms with E-state index in [1.807, 2.05) is 27.7 Å². The minimum atomic E-state index is -0.910. The molecule has 6 heteroatoms. The molecule has 1 aliphatic rings. The van der Waals surface area contributed by atoms with Crippen LogP contribution in [0, 0.1) is 5.41 Å². The Labute approximate surface area is 123 Å². The second-order valence-corrected chi connectivity index (χ2v) is 8.42. The van der Waals surface area contributed by atoms with Crippen LogP contribution in [0.15, 0.2) is 0 Å². The van der Waals surface area contributed by atoms with E-state index < -0.39 is 22.9 Å². The van der Waals surface area contributed by atoms with Crippen molar-refractivity contribution in [1.29, 1.82) is 0 Å². The maximum atomic E-state index is 12.5. The summed E-state index contributed by atoms with van der Waals surface area (Å²) in [5, 5.41) is 2.83. The average molecular weight is 302 g/mol. The maximum absolute atomic E-state index is 12.5. The van der Waals surface area contributed by atoms with E-state index in [0.717, 1.165) is 0 Å². The maximum Gasteiger partial charge on any atom is 0.246 e. The molecular formula is C14H26N2O3S. The van der Waals surface area contributed by atoms with Crippen LogP contribution in [-0.2, 0) is 20.4 Å². The van der Waals surface area contributed by atoms with Crippen molar-refractivity contribution in [3.63, 3.8) is 0 Å². The lowest BCUT2D eigenvalue weighted by Gasteiger charge is -2.42. The average Bonchev–Trinajstić information content (AvgIpc) is 2.31. The minimum absolute atomic E-state index is 0.0214. The molecule has 1 rings (SSSR count). The molecular weight excluding hydrogens is 276 g/mol. The first-order chi connectivity index (χ1) is 9.05. The fourth-order valence-electron chi connectivity index (χ4n) is 2.20. The van der Waals surface area contributed by atoms with Crippen molar-refractivity contribution in [3.8, 4) is 0 Å². The lowest BCUT2D eigenvalue weighted by Crippen LogP contribution is -2.66. The van der Waals surface area contributed by atoms with E-state index >= 15 is 0 Å². The summed E-state index contributed by atoms with van der Waals surface area (Å²) in [7, 11) is -0.910. The van der Waals surface area contributed by atoms with E-state index in [2.05, 4.69) is 5.32 Å². The highest BCUT2D eigenvalue weighted by atomic mass is 32.2. The van der Waals surface area contributed by atoms with Crippen molar-refractivity contribution < 1.29 is 13.8 Å². The van der Waals surface area contributed by atoms with Gasteiger partial charge in [-0.05, 0) is 18.8 Å². The van der Waals surface area contributed by atoms with Crippen LogP contribution in [0.25, 0.3) is 0 Å². The molecule has 0 bridgehead atoms. The van der Waals surface area contributed by atoms with Gasteiger partial charge in [0, 0.05) is 28.9 Å². The number of nitrogens with zero attached hydrogens (tertiary/aromatic N) is 1. The molecule has 116 valence electrons. The van der Waals surface area contributed by atoms with Crippen molar-refractivity contribution in [2.24, 2.45) is 5.41 Å². The number of piperazine rings is 1. The fraction of sp³-hybridized carbons (Fsp3) is 0.857. The first-order valence-electron chi connectivity index (χ1n) is 6.98. The third-order valence-corrected chi connectivity index (χ3v) is 5.24. The minimum Gasteiger partial charge on any atom is -0.342 e. The highest BCUT2D eigenvalue weighted by Crippen LogP contribution is 2.25. The van der Waals surface area contributed by atoms with Gasteiger partial charge in [0.2, 0.25) is 11.8 Å². The van der Waals surface area contributed by atoms with Crippen molar-refractivity contribution in [2.45, 2.75) is 58.4 Å². The third-order valence-electron chi connectivity index (χ3n) is 3.87. The highest BCUT2D eigenvalue weighted by molar-refractivity contribution is 7.84. The number of carbonyl (C=O) groups is 2. The normalized spacial score (nSPS) is 27.2. The van der Waals surface area contributed by atoms with E-state index in [0.29, 0.717) is 13.0 Å². The van der Waals surface area contributed by atoms with Crippen LogP contribution >= 0.6 is 0 Å². The third kappa shape index (κ3) is 3.81. The largest absolute Gasteiger partial charge is 0.342 e. The summed E-state index contributed by atoms with van der Waals surface area (Å²) in [4.78, 5) is 26.2. The number of carbonyl (C=O) groups excluding carboxylic acids is 2. The van der Waals surface area contributed by atoms with E-state index in [1.54, 1.807) is 18.1 Å². The van der Waals surface area contributed by atoms with Gasteiger partial charge >= 0.3 is 0 Å². The van der Waals surface area contributed by atoms with Gasteiger partial charge in [-0.3, -0.25) is 13.8 Å². The quantitative estimate of drug-likeness (QED) is 0.839. The lowest BCUT2D eigenvalue weighted by atomic mass is 9.84. The number of rotatable bonds is 4. The van der Waals surface area contributed by atoms with Gasteiger partial charge in [-0.15, -0.1) is 0 Å².